The molecule has 0 saturated carbocycles. The highest BCUT2D eigenvalue weighted by Gasteiger charge is 2.40. The van der Waals surface area contributed by atoms with Gasteiger partial charge in [0.15, 0.2) is 9.84 Å². The number of hydrogen-bond donors (Lipinski definition) is 0. The van der Waals surface area contributed by atoms with Crippen LogP contribution in [0.1, 0.15) is 27.1 Å². The van der Waals surface area contributed by atoms with Crippen LogP contribution in [0.2, 0.25) is 0 Å². The molecule has 3 amide bonds. The first-order valence-corrected chi connectivity index (χ1v) is 10.5. The standard InChI is InChI=1S/C20H18N2O5S/c23-18(13-22-19(24)16-8-4-5-9-17(16)20(22)25)21-11-10-15(12-21)28(26,27)14-6-2-1-3-7-14/h1-9,15H,10-13H2. The maximum absolute atomic E-state index is 12.7. The number of amides is 3. The van der Waals surface area contributed by atoms with Crippen LogP contribution in [0.25, 0.3) is 0 Å². The Kier molecular flexibility index (Phi) is 4.50. The molecule has 0 aromatic heterocycles. The van der Waals surface area contributed by atoms with Crippen molar-refractivity contribution in [1.82, 2.24) is 9.80 Å². The van der Waals surface area contributed by atoms with Gasteiger partial charge in [0.25, 0.3) is 11.8 Å². The van der Waals surface area contributed by atoms with Gasteiger partial charge in [-0.15, -0.1) is 0 Å². The Hall–Kier alpha value is -3.00. The lowest BCUT2D eigenvalue weighted by atomic mass is 10.1. The monoisotopic (exact) mass is 398 g/mol. The van der Waals surface area contributed by atoms with Crippen molar-refractivity contribution in [2.45, 2.75) is 16.6 Å². The maximum Gasteiger partial charge on any atom is 0.262 e. The first-order chi connectivity index (χ1) is 13.4. The Morgan fingerprint density at radius 1 is 0.929 bits per heavy atom. The number of rotatable bonds is 4. The van der Waals surface area contributed by atoms with Crippen LogP contribution in [-0.2, 0) is 14.6 Å². The first-order valence-electron chi connectivity index (χ1n) is 8.91. The summed E-state index contributed by atoms with van der Waals surface area (Å²) >= 11 is 0. The Morgan fingerprint density at radius 3 is 2.11 bits per heavy atom. The zero-order chi connectivity index (χ0) is 19.9. The molecule has 2 aliphatic heterocycles. The van der Waals surface area contributed by atoms with Crippen LogP contribution in [-0.4, -0.2) is 60.8 Å². The number of hydrogen-bond acceptors (Lipinski definition) is 5. The van der Waals surface area contributed by atoms with Crippen molar-refractivity contribution < 1.29 is 22.8 Å². The lowest BCUT2D eigenvalue weighted by Crippen LogP contribution is -2.42. The summed E-state index contributed by atoms with van der Waals surface area (Å²) in [6.07, 6.45) is 0.324. The van der Waals surface area contributed by atoms with Gasteiger partial charge in [0.1, 0.15) is 6.54 Å². The molecule has 1 atom stereocenters. The van der Waals surface area contributed by atoms with E-state index in [1.54, 1.807) is 54.6 Å². The lowest BCUT2D eigenvalue weighted by molar-refractivity contribution is -0.130. The van der Waals surface area contributed by atoms with Gasteiger partial charge < -0.3 is 4.90 Å². The quantitative estimate of drug-likeness (QED) is 0.725. The predicted molar refractivity (Wildman–Crippen MR) is 100 cm³/mol. The largest absolute Gasteiger partial charge is 0.340 e. The minimum Gasteiger partial charge on any atom is -0.340 e. The average Bonchev–Trinajstić information content (AvgIpc) is 3.30. The Morgan fingerprint density at radius 2 is 1.50 bits per heavy atom. The summed E-state index contributed by atoms with van der Waals surface area (Å²) < 4.78 is 25.5. The van der Waals surface area contributed by atoms with Gasteiger partial charge in [-0.1, -0.05) is 30.3 Å². The summed E-state index contributed by atoms with van der Waals surface area (Å²) in [7, 11) is -3.54. The molecule has 2 aromatic rings. The highest BCUT2D eigenvalue weighted by Crippen LogP contribution is 2.25. The highest BCUT2D eigenvalue weighted by molar-refractivity contribution is 7.92. The number of benzene rings is 2. The molecule has 0 spiro atoms. The van der Waals surface area contributed by atoms with Crippen LogP contribution in [0.5, 0.6) is 0 Å². The number of nitrogens with zero attached hydrogens (tertiary/aromatic N) is 2. The van der Waals surface area contributed by atoms with Crippen molar-refractivity contribution in [3.8, 4) is 0 Å². The van der Waals surface area contributed by atoms with Gasteiger partial charge in [0, 0.05) is 13.1 Å². The van der Waals surface area contributed by atoms with Gasteiger partial charge in [0.2, 0.25) is 5.91 Å². The second-order valence-corrected chi connectivity index (χ2v) is 9.08. The fourth-order valence-corrected chi connectivity index (χ4v) is 5.34. The molecule has 144 valence electrons. The number of imide groups is 1. The molecule has 1 saturated heterocycles. The van der Waals surface area contributed by atoms with Crippen LogP contribution in [0.4, 0.5) is 0 Å². The third-order valence-corrected chi connectivity index (χ3v) is 7.37. The van der Waals surface area contributed by atoms with E-state index in [1.807, 2.05) is 0 Å². The average molecular weight is 398 g/mol. The van der Waals surface area contributed by atoms with Crippen LogP contribution in [0.3, 0.4) is 0 Å². The van der Waals surface area contributed by atoms with Gasteiger partial charge in [-0.05, 0) is 30.7 Å². The SMILES string of the molecule is O=C(CN1C(=O)c2ccccc2C1=O)N1CCC(S(=O)(=O)c2ccccc2)C1. The number of fused-ring (bicyclic) bond motifs is 1. The Bertz CT molecular complexity index is 1030. The van der Waals surface area contributed by atoms with E-state index in [2.05, 4.69) is 0 Å². The van der Waals surface area contributed by atoms with Crippen molar-refractivity contribution in [2.75, 3.05) is 19.6 Å². The molecule has 2 heterocycles. The third-order valence-electron chi connectivity index (χ3n) is 5.18. The van der Waals surface area contributed by atoms with E-state index in [4.69, 9.17) is 0 Å². The van der Waals surface area contributed by atoms with Gasteiger partial charge in [0.05, 0.1) is 21.3 Å². The Labute approximate surface area is 162 Å². The van der Waals surface area contributed by atoms with E-state index in [-0.39, 0.29) is 35.7 Å². The molecule has 7 nitrogen and oxygen atoms in total. The predicted octanol–water partition coefficient (Wildman–Crippen LogP) is 1.36. The zero-order valence-electron chi connectivity index (χ0n) is 14.9. The molecule has 28 heavy (non-hydrogen) atoms. The van der Waals surface area contributed by atoms with Crippen molar-refractivity contribution in [3.63, 3.8) is 0 Å². The topological polar surface area (TPSA) is 91.8 Å². The van der Waals surface area contributed by atoms with Crippen molar-refractivity contribution in [1.29, 1.82) is 0 Å². The van der Waals surface area contributed by atoms with Crippen molar-refractivity contribution in [2.24, 2.45) is 0 Å². The number of carbonyl (C=O) groups is 3. The minimum absolute atomic E-state index is 0.0548. The van der Waals surface area contributed by atoms with Crippen LogP contribution >= 0.6 is 0 Å². The molecule has 4 rings (SSSR count). The van der Waals surface area contributed by atoms with Crippen LogP contribution < -0.4 is 0 Å². The van der Waals surface area contributed by atoms with Crippen molar-refractivity contribution in [3.05, 3.63) is 65.7 Å². The molecule has 2 aliphatic rings. The van der Waals surface area contributed by atoms with E-state index in [0.717, 1.165) is 4.90 Å². The molecule has 1 fully saturated rings. The van der Waals surface area contributed by atoms with Crippen LogP contribution in [0.15, 0.2) is 59.5 Å². The third kappa shape index (κ3) is 2.99. The summed E-state index contributed by atoms with van der Waals surface area (Å²) in [6, 6.07) is 14.6. The number of carbonyl (C=O) groups excluding carboxylic acids is 3. The molecule has 0 bridgehead atoms. The smallest absolute Gasteiger partial charge is 0.262 e. The molecule has 1 unspecified atom stereocenters. The lowest BCUT2D eigenvalue weighted by Gasteiger charge is -2.20. The molecular weight excluding hydrogens is 380 g/mol. The van der Waals surface area contributed by atoms with Gasteiger partial charge >= 0.3 is 0 Å². The molecule has 0 radical (unpaired) electrons. The van der Waals surface area contributed by atoms with E-state index in [0.29, 0.717) is 6.42 Å². The number of sulfone groups is 1. The normalized spacial score (nSPS) is 19.2. The molecule has 2 aromatic carbocycles. The summed E-state index contributed by atoms with van der Waals surface area (Å²) in [6.45, 7) is -0.0532. The summed E-state index contributed by atoms with van der Waals surface area (Å²) in [5, 5.41) is -0.693. The van der Waals surface area contributed by atoms with Crippen molar-refractivity contribution >= 4 is 27.6 Å². The summed E-state index contributed by atoms with van der Waals surface area (Å²) in [5.74, 6) is -1.43. The summed E-state index contributed by atoms with van der Waals surface area (Å²) in [4.78, 5) is 40.0. The van der Waals surface area contributed by atoms with Gasteiger partial charge in [-0.3, -0.25) is 19.3 Å². The highest BCUT2D eigenvalue weighted by atomic mass is 32.2. The van der Waals surface area contributed by atoms with E-state index in [1.165, 1.54) is 4.90 Å². The summed E-state index contributed by atoms with van der Waals surface area (Å²) in [5.41, 5.74) is 0.567. The molecule has 0 N–H and O–H groups in total. The van der Waals surface area contributed by atoms with Gasteiger partial charge in [-0.25, -0.2) is 8.42 Å². The molecular formula is C20H18N2O5S. The number of likely N-dealkylation sites (tertiary alicyclic amines) is 1. The fraction of sp³-hybridized carbons (Fsp3) is 0.250. The fourth-order valence-electron chi connectivity index (χ4n) is 3.63. The zero-order valence-corrected chi connectivity index (χ0v) is 15.8. The Balaban J connectivity index is 1.45. The second-order valence-electron chi connectivity index (χ2n) is 6.85. The van der Waals surface area contributed by atoms with E-state index >= 15 is 0 Å². The van der Waals surface area contributed by atoms with E-state index < -0.39 is 32.8 Å². The van der Waals surface area contributed by atoms with Gasteiger partial charge in [-0.2, -0.15) is 0 Å². The molecule has 0 aliphatic carbocycles. The minimum atomic E-state index is -3.54. The maximum atomic E-state index is 12.7. The van der Waals surface area contributed by atoms with Crippen LogP contribution in [0, 0.1) is 0 Å². The second kappa shape index (κ2) is 6.87. The molecule has 8 heteroatoms. The van der Waals surface area contributed by atoms with E-state index in [9.17, 15) is 22.8 Å². The first kappa shape index (κ1) is 18.4.